The van der Waals surface area contributed by atoms with Crippen LogP contribution in [0, 0.1) is 20.8 Å². The monoisotopic (exact) mass is 357 g/mol. The van der Waals surface area contributed by atoms with Crippen LogP contribution in [-0.4, -0.2) is 31.3 Å². The van der Waals surface area contributed by atoms with Gasteiger partial charge in [-0.05, 0) is 46.1 Å². The summed E-state index contributed by atoms with van der Waals surface area (Å²) in [6, 6.07) is 2.15. The lowest BCUT2D eigenvalue weighted by molar-refractivity contribution is -0.122. The van der Waals surface area contributed by atoms with Crippen molar-refractivity contribution in [3.05, 3.63) is 39.1 Å². The van der Waals surface area contributed by atoms with Gasteiger partial charge in [0.25, 0.3) is 5.56 Å². The Morgan fingerprint density at radius 3 is 2.54 bits per heavy atom. The van der Waals surface area contributed by atoms with Crippen LogP contribution in [0.2, 0.25) is 0 Å². The van der Waals surface area contributed by atoms with E-state index in [0.29, 0.717) is 23.6 Å². The molecule has 1 saturated carbocycles. The van der Waals surface area contributed by atoms with Crippen LogP contribution in [0.5, 0.6) is 0 Å². The molecule has 0 radical (unpaired) electrons. The second-order valence-corrected chi connectivity index (χ2v) is 7.11. The second-order valence-electron chi connectivity index (χ2n) is 7.11. The first kappa shape index (κ1) is 18.4. The SMILES string of the molecule is CCc1c(C)nc(-n2nc(C)cc2C)n(CC(=O)NC2CCCC2)c1=O. The topological polar surface area (TPSA) is 81.8 Å². The molecule has 1 fully saturated rings. The minimum Gasteiger partial charge on any atom is -0.352 e. The van der Waals surface area contributed by atoms with Gasteiger partial charge in [-0.25, -0.2) is 9.67 Å². The average molecular weight is 357 g/mol. The third-order valence-electron chi connectivity index (χ3n) is 5.02. The molecule has 7 nitrogen and oxygen atoms in total. The Morgan fingerprint density at radius 1 is 1.27 bits per heavy atom. The second kappa shape index (κ2) is 7.43. The largest absolute Gasteiger partial charge is 0.352 e. The summed E-state index contributed by atoms with van der Waals surface area (Å²) in [5.41, 5.74) is 2.89. The highest BCUT2D eigenvalue weighted by atomic mass is 16.2. The molecule has 2 heterocycles. The van der Waals surface area contributed by atoms with E-state index in [9.17, 15) is 9.59 Å². The number of carbonyl (C=O) groups is 1. The van der Waals surface area contributed by atoms with Crippen LogP contribution in [0.3, 0.4) is 0 Å². The van der Waals surface area contributed by atoms with Gasteiger partial charge in [0.1, 0.15) is 6.54 Å². The van der Waals surface area contributed by atoms with Crippen LogP contribution >= 0.6 is 0 Å². The molecule has 140 valence electrons. The fourth-order valence-electron chi connectivity index (χ4n) is 3.72. The number of rotatable bonds is 5. The highest BCUT2D eigenvalue weighted by Crippen LogP contribution is 2.17. The first-order valence-electron chi connectivity index (χ1n) is 9.34. The summed E-state index contributed by atoms with van der Waals surface area (Å²) in [5.74, 6) is 0.256. The van der Waals surface area contributed by atoms with Crippen molar-refractivity contribution in [2.45, 2.75) is 72.4 Å². The Hall–Kier alpha value is -2.44. The average Bonchev–Trinajstić information content (AvgIpc) is 3.19. The first-order valence-corrected chi connectivity index (χ1v) is 9.34. The van der Waals surface area contributed by atoms with Crippen LogP contribution < -0.4 is 10.9 Å². The molecule has 1 aliphatic carbocycles. The van der Waals surface area contributed by atoms with Crippen molar-refractivity contribution in [2.24, 2.45) is 0 Å². The fourth-order valence-corrected chi connectivity index (χ4v) is 3.72. The third-order valence-corrected chi connectivity index (χ3v) is 5.02. The highest BCUT2D eigenvalue weighted by molar-refractivity contribution is 5.76. The van der Waals surface area contributed by atoms with Gasteiger partial charge in [-0.2, -0.15) is 5.10 Å². The predicted octanol–water partition coefficient (Wildman–Crippen LogP) is 1.98. The van der Waals surface area contributed by atoms with Crippen molar-refractivity contribution >= 4 is 5.91 Å². The quantitative estimate of drug-likeness (QED) is 0.887. The molecule has 2 aromatic heterocycles. The molecular weight excluding hydrogens is 330 g/mol. The predicted molar refractivity (Wildman–Crippen MR) is 99.6 cm³/mol. The first-order chi connectivity index (χ1) is 12.4. The molecule has 26 heavy (non-hydrogen) atoms. The Balaban J connectivity index is 2.02. The van der Waals surface area contributed by atoms with Gasteiger partial charge in [-0.15, -0.1) is 0 Å². The van der Waals surface area contributed by atoms with Gasteiger partial charge in [0.05, 0.1) is 11.4 Å². The lowest BCUT2D eigenvalue weighted by atomic mass is 10.2. The fraction of sp³-hybridized carbons (Fsp3) is 0.579. The van der Waals surface area contributed by atoms with Crippen molar-refractivity contribution in [1.29, 1.82) is 0 Å². The van der Waals surface area contributed by atoms with Crippen LogP contribution in [0.25, 0.3) is 5.95 Å². The van der Waals surface area contributed by atoms with E-state index in [4.69, 9.17) is 0 Å². The molecule has 0 atom stereocenters. The summed E-state index contributed by atoms with van der Waals surface area (Å²) in [6.45, 7) is 7.53. The van der Waals surface area contributed by atoms with Gasteiger partial charge in [0, 0.05) is 17.3 Å². The summed E-state index contributed by atoms with van der Waals surface area (Å²) in [4.78, 5) is 30.2. The normalized spacial score (nSPS) is 14.8. The summed E-state index contributed by atoms with van der Waals surface area (Å²) in [7, 11) is 0. The van der Waals surface area contributed by atoms with Crippen molar-refractivity contribution < 1.29 is 4.79 Å². The van der Waals surface area contributed by atoms with E-state index in [1.165, 1.54) is 4.57 Å². The Labute approximate surface area is 153 Å². The van der Waals surface area contributed by atoms with Crippen molar-refractivity contribution in [3.8, 4) is 5.95 Å². The van der Waals surface area contributed by atoms with Gasteiger partial charge >= 0.3 is 0 Å². The Bertz CT molecular complexity index is 875. The zero-order chi connectivity index (χ0) is 18.8. The number of carbonyl (C=O) groups excluding carboxylic acids is 1. The summed E-state index contributed by atoms with van der Waals surface area (Å²) in [6.07, 6.45) is 4.90. The minimum absolute atomic E-state index is 0.0384. The number of hydrogen-bond acceptors (Lipinski definition) is 4. The number of hydrogen-bond donors (Lipinski definition) is 1. The van der Waals surface area contributed by atoms with E-state index >= 15 is 0 Å². The van der Waals surface area contributed by atoms with Gasteiger partial charge in [0.2, 0.25) is 11.9 Å². The van der Waals surface area contributed by atoms with Crippen molar-refractivity contribution in [2.75, 3.05) is 0 Å². The summed E-state index contributed by atoms with van der Waals surface area (Å²) in [5, 5.41) is 7.50. The summed E-state index contributed by atoms with van der Waals surface area (Å²) < 4.78 is 3.10. The van der Waals surface area contributed by atoms with E-state index in [0.717, 1.165) is 37.1 Å². The number of nitrogens with zero attached hydrogens (tertiary/aromatic N) is 4. The highest BCUT2D eigenvalue weighted by Gasteiger charge is 2.21. The maximum Gasteiger partial charge on any atom is 0.258 e. The number of aryl methyl sites for hydroxylation is 3. The van der Waals surface area contributed by atoms with E-state index in [1.807, 2.05) is 33.8 Å². The standard InChI is InChI=1S/C19H27N5O2/c1-5-16-14(4)20-19(24-13(3)10-12(2)22-24)23(18(16)26)11-17(25)21-15-8-6-7-9-15/h10,15H,5-9,11H2,1-4H3,(H,21,25). The molecule has 0 bridgehead atoms. The molecule has 0 spiro atoms. The minimum atomic E-state index is -0.163. The maximum atomic E-state index is 13.0. The van der Waals surface area contributed by atoms with E-state index in [2.05, 4.69) is 15.4 Å². The van der Waals surface area contributed by atoms with Crippen LogP contribution in [0.1, 0.15) is 55.3 Å². The molecule has 0 saturated heterocycles. The van der Waals surface area contributed by atoms with Crippen LogP contribution in [0.4, 0.5) is 0 Å². The lowest BCUT2D eigenvalue weighted by Gasteiger charge is -2.17. The molecule has 3 rings (SSSR count). The van der Waals surface area contributed by atoms with Gasteiger partial charge in [0.15, 0.2) is 0 Å². The Morgan fingerprint density at radius 2 is 1.96 bits per heavy atom. The number of aromatic nitrogens is 4. The maximum absolute atomic E-state index is 13.0. The molecular formula is C19H27N5O2. The number of amides is 1. The van der Waals surface area contributed by atoms with Crippen molar-refractivity contribution in [1.82, 2.24) is 24.6 Å². The summed E-state index contributed by atoms with van der Waals surface area (Å²) >= 11 is 0. The smallest absolute Gasteiger partial charge is 0.258 e. The van der Waals surface area contributed by atoms with Gasteiger partial charge < -0.3 is 5.32 Å². The molecule has 0 aromatic carbocycles. The van der Waals surface area contributed by atoms with Crippen LogP contribution in [-0.2, 0) is 17.8 Å². The van der Waals surface area contributed by atoms with E-state index < -0.39 is 0 Å². The van der Waals surface area contributed by atoms with Crippen molar-refractivity contribution in [3.63, 3.8) is 0 Å². The number of nitrogens with one attached hydrogen (secondary N) is 1. The molecule has 0 unspecified atom stereocenters. The molecule has 0 aliphatic heterocycles. The van der Waals surface area contributed by atoms with Crippen LogP contribution in [0.15, 0.2) is 10.9 Å². The zero-order valence-corrected chi connectivity index (χ0v) is 16.0. The van der Waals surface area contributed by atoms with Gasteiger partial charge in [-0.1, -0.05) is 19.8 Å². The molecule has 1 N–H and O–H groups in total. The third kappa shape index (κ3) is 3.57. The zero-order valence-electron chi connectivity index (χ0n) is 16.0. The molecule has 1 amide bonds. The molecule has 7 heteroatoms. The Kier molecular flexibility index (Phi) is 5.25. The van der Waals surface area contributed by atoms with E-state index in [-0.39, 0.29) is 24.1 Å². The van der Waals surface area contributed by atoms with Gasteiger partial charge in [-0.3, -0.25) is 14.2 Å². The molecule has 2 aromatic rings. The lowest BCUT2D eigenvalue weighted by Crippen LogP contribution is -2.40. The molecule has 1 aliphatic rings. The van der Waals surface area contributed by atoms with E-state index in [1.54, 1.807) is 4.68 Å².